The minimum atomic E-state index is -0.829. The van der Waals surface area contributed by atoms with Gasteiger partial charge in [0.25, 0.3) is 5.69 Å². The summed E-state index contributed by atoms with van der Waals surface area (Å²) in [4.78, 5) is 21.3. The standard InChI is InChI=1S/C18H20N2O4/c21-18(22)10-9-16(11-14-5-2-1-3-6-14)19-13-15-7-4-8-17(12-15)20(23)24/h1-8,12,16,19H,9-11,13H2,(H,21,22). The lowest BCUT2D eigenvalue weighted by Crippen LogP contribution is -2.31. The molecule has 2 rings (SSSR count). The molecule has 0 bridgehead atoms. The monoisotopic (exact) mass is 328 g/mol. The molecule has 24 heavy (non-hydrogen) atoms. The number of nitro groups is 1. The van der Waals surface area contributed by atoms with Gasteiger partial charge in [0.2, 0.25) is 0 Å². The summed E-state index contributed by atoms with van der Waals surface area (Å²) in [7, 11) is 0. The number of benzene rings is 2. The first-order chi connectivity index (χ1) is 11.5. The van der Waals surface area contributed by atoms with Crippen LogP contribution in [-0.2, 0) is 17.8 Å². The molecular formula is C18H20N2O4. The van der Waals surface area contributed by atoms with Gasteiger partial charge in [-0.15, -0.1) is 0 Å². The van der Waals surface area contributed by atoms with E-state index in [1.54, 1.807) is 6.07 Å². The Hall–Kier alpha value is -2.73. The van der Waals surface area contributed by atoms with Gasteiger partial charge >= 0.3 is 5.97 Å². The number of aliphatic carboxylic acids is 1. The predicted octanol–water partition coefficient (Wildman–Crippen LogP) is 3.16. The van der Waals surface area contributed by atoms with E-state index in [4.69, 9.17) is 5.11 Å². The Morgan fingerprint density at radius 1 is 1.12 bits per heavy atom. The Morgan fingerprint density at radius 2 is 1.83 bits per heavy atom. The molecule has 0 aliphatic rings. The van der Waals surface area contributed by atoms with Crippen molar-refractivity contribution < 1.29 is 14.8 Å². The maximum atomic E-state index is 10.8. The van der Waals surface area contributed by atoms with E-state index in [2.05, 4.69) is 5.32 Å². The summed E-state index contributed by atoms with van der Waals surface area (Å²) in [6.45, 7) is 0.457. The van der Waals surface area contributed by atoms with Gasteiger partial charge < -0.3 is 10.4 Å². The molecule has 6 heteroatoms. The molecule has 126 valence electrons. The number of carboxylic acid groups (broad SMARTS) is 1. The number of hydrogen-bond donors (Lipinski definition) is 2. The van der Waals surface area contributed by atoms with Crippen molar-refractivity contribution in [3.05, 3.63) is 75.8 Å². The van der Waals surface area contributed by atoms with Crippen LogP contribution in [0.1, 0.15) is 24.0 Å². The van der Waals surface area contributed by atoms with Crippen molar-refractivity contribution in [1.82, 2.24) is 5.32 Å². The van der Waals surface area contributed by atoms with Crippen LogP contribution in [0.4, 0.5) is 5.69 Å². The predicted molar refractivity (Wildman–Crippen MR) is 90.7 cm³/mol. The average molecular weight is 328 g/mol. The van der Waals surface area contributed by atoms with Crippen molar-refractivity contribution in [3.8, 4) is 0 Å². The number of carboxylic acids is 1. The molecule has 2 aromatic carbocycles. The second-order valence-corrected chi connectivity index (χ2v) is 5.63. The third-order valence-corrected chi connectivity index (χ3v) is 3.75. The van der Waals surface area contributed by atoms with Crippen LogP contribution < -0.4 is 5.32 Å². The summed E-state index contributed by atoms with van der Waals surface area (Å²) in [5.41, 5.74) is 1.98. The minimum absolute atomic E-state index is 0.0113. The van der Waals surface area contributed by atoms with E-state index in [9.17, 15) is 14.9 Å². The van der Waals surface area contributed by atoms with Crippen molar-refractivity contribution in [2.24, 2.45) is 0 Å². The van der Waals surface area contributed by atoms with Crippen LogP contribution in [0, 0.1) is 10.1 Å². The molecule has 0 aliphatic heterocycles. The molecule has 0 spiro atoms. The van der Waals surface area contributed by atoms with Crippen molar-refractivity contribution in [1.29, 1.82) is 0 Å². The van der Waals surface area contributed by atoms with Crippen LogP contribution in [0.15, 0.2) is 54.6 Å². The van der Waals surface area contributed by atoms with Gasteiger partial charge in [-0.1, -0.05) is 42.5 Å². The highest BCUT2D eigenvalue weighted by molar-refractivity contribution is 5.66. The van der Waals surface area contributed by atoms with Crippen molar-refractivity contribution >= 4 is 11.7 Å². The van der Waals surface area contributed by atoms with Crippen molar-refractivity contribution in [3.63, 3.8) is 0 Å². The fourth-order valence-electron chi connectivity index (χ4n) is 2.51. The SMILES string of the molecule is O=C(O)CCC(Cc1ccccc1)NCc1cccc([N+](=O)[O-])c1. The molecule has 1 atom stereocenters. The highest BCUT2D eigenvalue weighted by atomic mass is 16.6. The Balaban J connectivity index is 2.00. The molecule has 2 N–H and O–H groups in total. The molecule has 0 saturated carbocycles. The van der Waals surface area contributed by atoms with E-state index in [1.807, 2.05) is 36.4 Å². The number of nitrogens with zero attached hydrogens (tertiary/aromatic N) is 1. The molecule has 0 aromatic heterocycles. The van der Waals surface area contributed by atoms with Crippen LogP contribution in [0.25, 0.3) is 0 Å². The van der Waals surface area contributed by atoms with Crippen molar-refractivity contribution in [2.75, 3.05) is 0 Å². The normalized spacial score (nSPS) is 11.8. The highest BCUT2D eigenvalue weighted by Crippen LogP contribution is 2.14. The molecule has 2 aromatic rings. The van der Waals surface area contributed by atoms with Gasteiger partial charge in [-0.05, 0) is 24.0 Å². The van der Waals surface area contributed by atoms with E-state index >= 15 is 0 Å². The smallest absolute Gasteiger partial charge is 0.303 e. The number of nitrogens with one attached hydrogen (secondary N) is 1. The third kappa shape index (κ3) is 5.81. The van der Waals surface area contributed by atoms with Crippen LogP contribution in [0.5, 0.6) is 0 Å². The van der Waals surface area contributed by atoms with E-state index in [-0.39, 0.29) is 18.2 Å². The lowest BCUT2D eigenvalue weighted by atomic mass is 10.0. The van der Waals surface area contributed by atoms with Crippen LogP contribution >= 0.6 is 0 Å². The quantitative estimate of drug-likeness (QED) is 0.545. The van der Waals surface area contributed by atoms with Crippen LogP contribution in [-0.4, -0.2) is 22.0 Å². The fraction of sp³-hybridized carbons (Fsp3) is 0.278. The second-order valence-electron chi connectivity index (χ2n) is 5.63. The van der Waals surface area contributed by atoms with Gasteiger partial charge in [0.15, 0.2) is 0 Å². The zero-order chi connectivity index (χ0) is 17.4. The number of hydrogen-bond acceptors (Lipinski definition) is 4. The first kappa shape index (κ1) is 17.6. The van der Waals surface area contributed by atoms with Gasteiger partial charge in [0, 0.05) is 31.1 Å². The van der Waals surface area contributed by atoms with E-state index in [0.717, 1.165) is 11.1 Å². The van der Waals surface area contributed by atoms with E-state index in [1.165, 1.54) is 12.1 Å². The van der Waals surface area contributed by atoms with Crippen LogP contribution in [0.2, 0.25) is 0 Å². The first-order valence-corrected chi connectivity index (χ1v) is 7.77. The molecule has 0 amide bonds. The van der Waals surface area contributed by atoms with Gasteiger partial charge in [-0.2, -0.15) is 0 Å². The fourth-order valence-corrected chi connectivity index (χ4v) is 2.51. The number of rotatable bonds is 9. The molecule has 0 saturated heterocycles. The molecule has 6 nitrogen and oxygen atoms in total. The maximum Gasteiger partial charge on any atom is 0.303 e. The summed E-state index contributed by atoms with van der Waals surface area (Å²) in [6.07, 6.45) is 1.29. The summed E-state index contributed by atoms with van der Waals surface area (Å²) in [5.74, 6) is -0.829. The summed E-state index contributed by atoms with van der Waals surface area (Å²) < 4.78 is 0. The van der Waals surface area contributed by atoms with E-state index < -0.39 is 10.9 Å². The molecule has 1 unspecified atom stereocenters. The Kier molecular flexibility index (Phi) is 6.45. The molecule has 0 fully saturated rings. The first-order valence-electron chi connectivity index (χ1n) is 7.77. The Labute approximate surface area is 140 Å². The van der Waals surface area contributed by atoms with Gasteiger partial charge in [0.05, 0.1) is 4.92 Å². The van der Waals surface area contributed by atoms with E-state index in [0.29, 0.717) is 19.4 Å². The van der Waals surface area contributed by atoms with Crippen LogP contribution in [0.3, 0.4) is 0 Å². The topological polar surface area (TPSA) is 92.5 Å². The van der Waals surface area contributed by atoms with Gasteiger partial charge in [-0.25, -0.2) is 0 Å². The maximum absolute atomic E-state index is 10.8. The lowest BCUT2D eigenvalue weighted by Gasteiger charge is -2.18. The zero-order valence-electron chi connectivity index (χ0n) is 13.2. The van der Waals surface area contributed by atoms with Gasteiger partial charge in [-0.3, -0.25) is 14.9 Å². The second kappa shape index (κ2) is 8.79. The molecule has 0 aliphatic carbocycles. The number of carbonyl (C=O) groups is 1. The van der Waals surface area contributed by atoms with Gasteiger partial charge in [0.1, 0.15) is 0 Å². The average Bonchev–Trinajstić information content (AvgIpc) is 2.58. The Bertz CT molecular complexity index is 688. The zero-order valence-corrected chi connectivity index (χ0v) is 13.2. The Morgan fingerprint density at radius 3 is 2.50 bits per heavy atom. The number of non-ortho nitro benzene ring substituents is 1. The highest BCUT2D eigenvalue weighted by Gasteiger charge is 2.12. The summed E-state index contributed by atoms with van der Waals surface area (Å²) in [5, 5.41) is 23.1. The minimum Gasteiger partial charge on any atom is -0.481 e. The number of nitro benzene ring substituents is 1. The van der Waals surface area contributed by atoms with Crippen molar-refractivity contribution in [2.45, 2.75) is 31.8 Å². The molecular weight excluding hydrogens is 308 g/mol. The summed E-state index contributed by atoms with van der Waals surface area (Å²) >= 11 is 0. The third-order valence-electron chi connectivity index (χ3n) is 3.75. The largest absolute Gasteiger partial charge is 0.481 e. The molecule has 0 heterocycles. The summed E-state index contributed by atoms with van der Waals surface area (Å²) in [6, 6.07) is 16.3. The lowest BCUT2D eigenvalue weighted by molar-refractivity contribution is -0.384. The molecule has 0 radical (unpaired) electrons.